The fraction of sp³-hybridized carbons (Fsp3) is 0.375. The standard InChI is InChI=1S/C16H20ClNOS/c1-2-9-18-10-14-7-8-15(20-14)12-19-11-13-5-3-4-6-16(13)17/h3-8,18H,2,9-12H2,1H3. The molecular weight excluding hydrogens is 290 g/mol. The van der Waals surface area contributed by atoms with E-state index in [9.17, 15) is 0 Å². The lowest BCUT2D eigenvalue weighted by molar-refractivity contribution is 0.109. The topological polar surface area (TPSA) is 21.3 Å². The van der Waals surface area contributed by atoms with Gasteiger partial charge in [0.25, 0.3) is 0 Å². The largest absolute Gasteiger partial charge is 0.371 e. The highest BCUT2D eigenvalue weighted by Crippen LogP contribution is 2.20. The number of hydrogen-bond donors (Lipinski definition) is 1. The van der Waals surface area contributed by atoms with E-state index in [-0.39, 0.29) is 0 Å². The van der Waals surface area contributed by atoms with Crippen LogP contribution in [0.1, 0.15) is 28.7 Å². The van der Waals surface area contributed by atoms with E-state index in [2.05, 4.69) is 24.4 Å². The van der Waals surface area contributed by atoms with Crippen molar-refractivity contribution in [2.45, 2.75) is 33.1 Å². The quantitative estimate of drug-likeness (QED) is 0.719. The normalized spacial score (nSPS) is 10.9. The van der Waals surface area contributed by atoms with Gasteiger partial charge >= 0.3 is 0 Å². The van der Waals surface area contributed by atoms with Gasteiger partial charge in [-0.15, -0.1) is 11.3 Å². The van der Waals surface area contributed by atoms with Crippen LogP contribution in [0.2, 0.25) is 5.02 Å². The minimum Gasteiger partial charge on any atom is -0.371 e. The summed E-state index contributed by atoms with van der Waals surface area (Å²) in [7, 11) is 0. The Balaban J connectivity index is 1.75. The highest BCUT2D eigenvalue weighted by molar-refractivity contribution is 7.11. The summed E-state index contributed by atoms with van der Waals surface area (Å²) >= 11 is 7.90. The molecule has 0 unspecified atom stereocenters. The molecule has 1 heterocycles. The van der Waals surface area contributed by atoms with E-state index in [0.29, 0.717) is 13.2 Å². The minimum atomic E-state index is 0.557. The first-order valence-corrected chi connectivity index (χ1v) is 8.08. The molecule has 0 atom stereocenters. The lowest BCUT2D eigenvalue weighted by Crippen LogP contribution is -2.12. The van der Waals surface area contributed by atoms with Crippen molar-refractivity contribution in [2.24, 2.45) is 0 Å². The van der Waals surface area contributed by atoms with E-state index < -0.39 is 0 Å². The molecule has 0 radical (unpaired) electrons. The van der Waals surface area contributed by atoms with Crippen LogP contribution in [0.3, 0.4) is 0 Å². The molecule has 2 nitrogen and oxygen atoms in total. The average Bonchev–Trinajstić information content (AvgIpc) is 2.89. The third-order valence-electron chi connectivity index (χ3n) is 2.90. The van der Waals surface area contributed by atoms with Crippen LogP contribution in [0.15, 0.2) is 36.4 Å². The molecule has 0 aliphatic heterocycles. The van der Waals surface area contributed by atoms with Gasteiger partial charge in [-0.3, -0.25) is 0 Å². The number of halogens is 1. The first-order chi connectivity index (χ1) is 9.79. The molecule has 2 rings (SSSR count). The van der Waals surface area contributed by atoms with Crippen LogP contribution < -0.4 is 5.32 Å². The zero-order chi connectivity index (χ0) is 14.2. The summed E-state index contributed by atoms with van der Waals surface area (Å²) in [5.41, 5.74) is 1.04. The molecule has 0 aliphatic carbocycles. The van der Waals surface area contributed by atoms with Crippen LogP contribution in [-0.4, -0.2) is 6.54 Å². The van der Waals surface area contributed by atoms with E-state index in [1.165, 1.54) is 16.2 Å². The molecular formula is C16H20ClNOS. The Kier molecular flexibility index (Phi) is 6.54. The third kappa shape index (κ3) is 4.91. The van der Waals surface area contributed by atoms with Crippen molar-refractivity contribution in [3.05, 3.63) is 56.7 Å². The van der Waals surface area contributed by atoms with E-state index in [1.54, 1.807) is 11.3 Å². The summed E-state index contributed by atoms with van der Waals surface area (Å²) in [5.74, 6) is 0. The zero-order valence-electron chi connectivity index (χ0n) is 11.7. The first-order valence-electron chi connectivity index (χ1n) is 6.89. The van der Waals surface area contributed by atoms with Gasteiger partial charge < -0.3 is 10.1 Å². The lowest BCUT2D eigenvalue weighted by Gasteiger charge is -2.04. The molecule has 1 N–H and O–H groups in total. The molecule has 0 aliphatic rings. The highest BCUT2D eigenvalue weighted by Gasteiger charge is 2.02. The van der Waals surface area contributed by atoms with Crippen LogP contribution in [0.25, 0.3) is 0 Å². The summed E-state index contributed by atoms with van der Waals surface area (Å²) in [6.07, 6.45) is 1.17. The van der Waals surface area contributed by atoms with Crippen LogP contribution >= 0.6 is 22.9 Å². The number of nitrogens with one attached hydrogen (secondary N) is 1. The second-order valence-electron chi connectivity index (χ2n) is 4.63. The second-order valence-corrected chi connectivity index (χ2v) is 6.29. The van der Waals surface area contributed by atoms with Crippen molar-refractivity contribution < 1.29 is 4.74 Å². The smallest absolute Gasteiger partial charge is 0.0814 e. The Morgan fingerprint density at radius 2 is 1.90 bits per heavy atom. The maximum Gasteiger partial charge on any atom is 0.0814 e. The Labute approximate surface area is 129 Å². The van der Waals surface area contributed by atoms with Gasteiger partial charge in [0, 0.05) is 21.3 Å². The van der Waals surface area contributed by atoms with E-state index >= 15 is 0 Å². The number of rotatable bonds is 8. The zero-order valence-corrected chi connectivity index (χ0v) is 13.3. The summed E-state index contributed by atoms with van der Waals surface area (Å²) < 4.78 is 5.73. The third-order valence-corrected chi connectivity index (χ3v) is 4.33. The van der Waals surface area contributed by atoms with Gasteiger partial charge in [0.05, 0.1) is 13.2 Å². The molecule has 0 spiro atoms. The molecule has 1 aromatic heterocycles. The van der Waals surface area contributed by atoms with Crippen molar-refractivity contribution >= 4 is 22.9 Å². The molecule has 2 aromatic rings. The molecule has 20 heavy (non-hydrogen) atoms. The van der Waals surface area contributed by atoms with Gasteiger partial charge in [0.15, 0.2) is 0 Å². The van der Waals surface area contributed by atoms with Gasteiger partial charge in [0.2, 0.25) is 0 Å². The number of thiophene rings is 1. The molecule has 0 saturated carbocycles. The van der Waals surface area contributed by atoms with E-state index in [0.717, 1.165) is 23.7 Å². The van der Waals surface area contributed by atoms with Gasteiger partial charge in [-0.05, 0) is 36.7 Å². The van der Waals surface area contributed by atoms with Gasteiger partial charge in [-0.2, -0.15) is 0 Å². The molecule has 0 amide bonds. The van der Waals surface area contributed by atoms with Gasteiger partial charge in [0.1, 0.15) is 0 Å². The van der Waals surface area contributed by atoms with Crippen molar-refractivity contribution in [1.29, 1.82) is 0 Å². The van der Waals surface area contributed by atoms with Gasteiger partial charge in [-0.1, -0.05) is 36.7 Å². The Morgan fingerprint density at radius 1 is 1.10 bits per heavy atom. The van der Waals surface area contributed by atoms with Crippen molar-refractivity contribution in [2.75, 3.05) is 6.54 Å². The van der Waals surface area contributed by atoms with Gasteiger partial charge in [-0.25, -0.2) is 0 Å². The Hall–Kier alpha value is -0.870. The number of ether oxygens (including phenoxy) is 1. The molecule has 0 bridgehead atoms. The fourth-order valence-corrected chi connectivity index (χ4v) is 2.98. The fourth-order valence-electron chi connectivity index (χ4n) is 1.86. The Bertz CT molecular complexity index is 527. The van der Waals surface area contributed by atoms with Crippen LogP contribution in [0.4, 0.5) is 0 Å². The second kappa shape index (κ2) is 8.42. The molecule has 4 heteroatoms. The summed E-state index contributed by atoms with van der Waals surface area (Å²) in [6.45, 7) is 5.39. The summed E-state index contributed by atoms with van der Waals surface area (Å²) in [5, 5.41) is 4.17. The summed E-state index contributed by atoms with van der Waals surface area (Å²) in [6, 6.07) is 12.1. The first kappa shape index (κ1) is 15.5. The number of hydrogen-bond acceptors (Lipinski definition) is 3. The molecule has 1 aromatic carbocycles. The van der Waals surface area contributed by atoms with Crippen molar-refractivity contribution in [3.8, 4) is 0 Å². The van der Waals surface area contributed by atoms with Crippen LogP contribution in [0.5, 0.6) is 0 Å². The summed E-state index contributed by atoms with van der Waals surface area (Å²) in [4.78, 5) is 2.61. The van der Waals surface area contributed by atoms with Crippen LogP contribution in [0, 0.1) is 0 Å². The molecule has 108 valence electrons. The van der Waals surface area contributed by atoms with Crippen molar-refractivity contribution in [1.82, 2.24) is 5.32 Å². The van der Waals surface area contributed by atoms with E-state index in [1.807, 2.05) is 24.3 Å². The van der Waals surface area contributed by atoms with E-state index in [4.69, 9.17) is 16.3 Å². The molecule has 0 saturated heterocycles. The molecule has 0 fully saturated rings. The number of benzene rings is 1. The van der Waals surface area contributed by atoms with Crippen LogP contribution in [-0.2, 0) is 24.5 Å². The minimum absolute atomic E-state index is 0.557. The maximum absolute atomic E-state index is 6.10. The SMILES string of the molecule is CCCNCc1ccc(COCc2ccccc2Cl)s1. The highest BCUT2D eigenvalue weighted by atomic mass is 35.5. The van der Waals surface area contributed by atoms with Crippen molar-refractivity contribution in [3.63, 3.8) is 0 Å². The Morgan fingerprint density at radius 3 is 2.70 bits per heavy atom. The average molecular weight is 310 g/mol. The predicted octanol–water partition coefficient (Wildman–Crippen LogP) is 4.62. The lowest BCUT2D eigenvalue weighted by atomic mass is 10.2. The predicted molar refractivity (Wildman–Crippen MR) is 86.3 cm³/mol. The monoisotopic (exact) mass is 309 g/mol. The maximum atomic E-state index is 6.10.